The van der Waals surface area contributed by atoms with Crippen molar-refractivity contribution in [1.29, 1.82) is 0 Å². The van der Waals surface area contributed by atoms with Gasteiger partial charge in [0.2, 0.25) is 10.0 Å². The fourth-order valence-electron chi connectivity index (χ4n) is 1.74. The van der Waals surface area contributed by atoms with E-state index in [0.717, 1.165) is 0 Å². The molecule has 0 saturated heterocycles. The molecule has 0 bridgehead atoms. The van der Waals surface area contributed by atoms with Crippen molar-refractivity contribution in [3.8, 4) is 0 Å². The van der Waals surface area contributed by atoms with Crippen LogP contribution in [-0.2, 0) is 10.0 Å². The maximum Gasteiger partial charge on any atom is 0.242 e. The van der Waals surface area contributed by atoms with Gasteiger partial charge in [-0.05, 0) is 41.9 Å². The lowest BCUT2D eigenvalue weighted by molar-refractivity contribution is 0.570. The Labute approximate surface area is 142 Å². The molecule has 1 heterocycles. The molecule has 22 heavy (non-hydrogen) atoms. The number of halogens is 2. The van der Waals surface area contributed by atoms with E-state index in [0.29, 0.717) is 16.2 Å². The molecule has 0 aliphatic rings. The van der Waals surface area contributed by atoms with Crippen molar-refractivity contribution in [2.75, 3.05) is 5.32 Å². The Kier molecular flexibility index (Phi) is 5.38. The normalized spacial score (nSPS) is 11.7. The molecule has 2 rings (SSSR count). The van der Waals surface area contributed by atoms with Crippen LogP contribution in [0.4, 0.5) is 11.5 Å². The van der Waals surface area contributed by atoms with Gasteiger partial charge in [-0.25, -0.2) is 23.1 Å². The van der Waals surface area contributed by atoms with Crippen molar-refractivity contribution in [2.45, 2.75) is 24.8 Å². The molecule has 9 heteroatoms. The van der Waals surface area contributed by atoms with E-state index in [-0.39, 0.29) is 16.0 Å². The summed E-state index contributed by atoms with van der Waals surface area (Å²) in [6.07, 6.45) is 1.42. The second-order valence-electron chi connectivity index (χ2n) is 4.73. The third kappa shape index (κ3) is 4.16. The van der Waals surface area contributed by atoms with Gasteiger partial charge in [0.1, 0.15) is 9.92 Å². The van der Waals surface area contributed by atoms with E-state index >= 15 is 0 Å². The number of para-hydroxylation sites is 1. The topological polar surface area (TPSA) is 84.0 Å². The molecule has 0 amide bonds. The van der Waals surface area contributed by atoms with Crippen LogP contribution in [0, 0.1) is 0 Å². The molecule has 0 spiro atoms. The van der Waals surface area contributed by atoms with Crippen molar-refractivity contribution in [2.24, 2.45) is 0 Å². The molecule has 0 radical (unpaired) electrons. The zero-order valence-electron chi connectivity index (χ0n) is 11.8. The largest absolute Gasteiger partial charge is 0.338 e. The van der Waals surface area contributed by atoms with E-state index in [1.54, 1.807) is 32.0 Å². The first kappa shape index (κ1) is 17.1. The summed E-state index contributed by atoms with van der Waals surface area (Å²) < 4.78 is 27.7. The van der Waals surface area contributed by atoms with E-state index in [9.17, 15) is 8.42 Å². The van der Waals surface area contributed by atoms with Crippen molar-refractivity contribution in [1.82, 2.24) is 14.7 Å². The van der Waals surface area contributed by atoms with E-state index in [1.165, 1.54) is 12.3 Å². The maximum atomic E-state index is 12.4. The summed E-state index contributed by atoms with van der Waals surface area (Å²) in [5, 5.41) is 3.21. The second-order valence-corrected chi connectivity index (χ2v) is 7.53. The quantitative estimate of drug-likeness (QED) is 0.746. The molecular formula is C13H14BrClN4O2S. The number of hydrogen-bond donors (Lipinski definition) is 2. The van der Waals surface area contributed by atoms with Crippen LogP contribution in [-0.4, -0.2) is 24.4 Å². The first-order valence-corrected chi connectivity index (χ1v) is 9.01. The molecule has 0 fully saturated rings. The second kappa shape index (κ2) is 6.91. The predicted octanol–water partition coefficient (Wildman–Crippen LogP) is 3.32. The van der Waals surface area contributed by atoms with E-state index < -0.39 is 10.0 Å². The van der Waals surface area contributed by atoms with Gasteiger partial charge in [-0.3, -0.25) is 0 Å². The minimum atomic E-state index is -3.64. The van der Waals surface area contributed by atoms with Gasteiger partial charge in [-0.2, -0.15) is 0 Å². The fourth-order valence-corrected chi connectivity index (χ4v) is 3.57. The Morgan fingerprint density at radius 3 is 2.64 bits per heavy atom. The molecule has 0 saturated carbocycles. The number of nitrogens with zero attached hydrogens (tertiary/aromatic N) is 2. The van der Waals surface area contributed by atoms with Crippen LogP contribution < -0.4 is 10.0 Å². The average molecular weight is 406 g/mol. The summed E-state index contributed by atoms with van der Waals surface area (Å²) in [4.78, 5) is 8.11. The van der Waals surface area contributed by atoms with E-state index in [2.05, 4.69) is 35.9 Å². The molecule has 2 aromatic rings. The Balaban J connectivity index is 2.43. The third-order valence-electron chi connectivity index (χ3n) is 2.54. The molecule has 0 aliphatic carbocycles. The van der Waals surface area contributed by atoms with Crippen LogP contribution in [0.25, 0.3) is 0 Å². The SMILES string of the molecule is CC(C)NS(=O)(=O)c1ccccc1Nc1nc(Br)ncc1Cl. The molecule has 0 unspecified atom stereocenters. The highest BCUT2D eigenvalue weighted by Gasteiger charge is 2.20. The van der Waals surface area contributed by atoms with Gasteiger partial charge in [-0.1, -0.05) is 23.7 Å². The Bertz CT molecular complexity index is 783. The van der Waals surface area contributed by atoms with Gasteiger partial charge < -0.3 is 5.32 Å². The number of aromatic nitrogens is 2. The predicted molar refractivity (Wildman–Crippen MR) is 89.9 cm³/mol. The standard InChI is InChI=1S/C13H14BrClN4O2S/c1-8(2)19-22(20,21)11-6-4-3-5-10(11)17-12-9(15)7-16-13(14)18-12/h3-8,19H,1-2H3,(H,16,17,18). The van der Waals surface area contributed by atoms with Gasteiger partial charge in [0.25, 0.3) is 0 Å². The Hall–Kier alpha value is -1.22. The van der Waals surface area contributed by atoms with Gasteiger partial charge >= 0.3 is 0 Å². The zero-order valence-corrected chi connectivity index (χ0v) is 15.0. The summed E-state index contributed by atoms with van der Waals surface area (Å²) in [6, 6.07) is 6.31. The summed E-state index contributed by atoms with van der Waals surface area (Å²) in [7, 11) is -3.64. The van der Waals surface area contributed by atoms with Crippen molar-refractivity contribution in [3.05, 3.63) is 40.2 Å². The van der Waals surface area contributed by atoms with Crippen LogP contribution in [0.5, 0.6) is 0 Å². The van der Waals surface area contributed by atoms with Gasteiger partial charge in [0.15, 0.2) is 10.6 Å². The fraction of sp³-hybridized carbons (Fsp3) is 0.231. The lowest BCUT2D eigenvalue weighted by Crippen LogP contribution is -2.30. The van der Waals surface area contributed by atoms with Crippen LogP contribution in [0.15, 0.2) is 40.1 Å². The molecule has 0 aliphatic heterocycles. The van der Waals surface area contributed by atoms with Crippen molar-refractivity contribution in [3.63, 3.8) is 0 Å². The highest BCUT2D eigenvalue weighted by atomic mass is 79.9. The number of hydrogen-bond acceptors (Lipinski definition) is 5. The summed E-state index contributed by atoms with van der Waals surface area (Å²) >= 11 is 9.17. The van der Waals surface area contributed by atoms with E-state index in [1.807, 2.05) is 0 Å². The molecule has 0 atom stereocenters. The minimum Gasteiger partial charge on any atom is -0.338 e. The molecular weight excluding hydrogens is 392 g/mol. The average Bonchev–Trinajstić information content (AvgIpc) is 2.42. The molecule has 2 N–H and O–H groups in total. The highest BCUT2D eigenvalue weighted by molar-refractivity contribution is 9.10. The van der Waals surface area contributed by atoms with Crippen molar-refractivity contribution < 1.29 is 8.42 Å². The van der Waals surface area contributed by atoms with E-state index in [4.69, 9.17) is 11.6 Å². The van der Waals surface area contributed by atoms with Gasteiger partial charge in [0.05, 0.1) is 11.9 Å². The summed E-state index contributed by atoms with van der Waals surface area (Å²) in [5.41, 5.74) is 0.378. The van der Waals surface area contributed by atoms with Crippen LogP contribution in [0.2, 0.25) is 5.02 Å². The monoisotopic (exact) mass is 404 g/mol. The Morgan fingerprint density at radius 1 is 1.27 bits per heavy atom. The smallest absolute Gasteiger partial charge is 0.242 e. The number of benzene rings is 1. The molecule has 1 aromatic heterocycles. The number of nitrogens with one attached hydrogen (secondary N) is 2. The van der Waals surface area contributed by atoms with Crippen LogP contribution >= 0.6 is 27.5 Å². The first-order valence-electron chi connectivity index (χ1n) is 6.36. The number of sulfonamides is 1. The molecule has 1 aromatic carbocycles. The lowest BCUT2D eigenvalue weighted by Gasteiger charge is -2.14. The number of rotatable bonds is 5. The molecule has 118 valence electrons. The van der Waals surface area contributed by atoms with Crippen molar-refractivity contribution >= 4 is 49.1 Å². The zero-order chi connectivity index (χ0) is 16.3. The highest BCUT2D eigenvalue weighted by Crippen LogP contribution is 2.28. The number of anilines is 2. The van der Waals surface area contributed by atoms with Gasteiger partial charge in [-0.15, -0.1) is 0 Å². The summed E-state index contributed by atoms with van der Waals surface area (Å²) in [5.74, 6) is 0.315. The van der Waals surface area contributed by atoms with Crippen LogP contribution in [0.1, 0.15) is 13.8 Å². The Morgan fingerprint density at radius 2 is 1.95 bits per heavy atom. The minimum absolute atomic E-state index is 0.120. The van der Waals surface area contributed by atoms with Crippen LogP contribution in [0.3, 0.4) is 0 Å². The maximum absolute atomic E-state index is 12.4. The lowest BCUT2D eigenvalue weighted by atomic mass is 10.3. The summed E-state index contributed by atoms with van der Waals surface area (Å²) in [6.45, 7) is 3.51. The third-order valence-corrected chi connectivity index (χ3v) is 4.91. The molecule has 6 nitrogen and oxygen atoms in total. The van der Waals surface area contributed by atoms with Gasteiger partial charge in [0, 0.05) is 6.04 Å². The first-order chi connectivity index (χ1) is 10.3.